The summed E-state index contributed by atoms with van der Waals surface area (Å²) < 4.78 is 0. The van der Waals surface area contributed by atoms with Gasteiger partial charge < -0.3 is 11.1 Å². The number of aromatic nitrogens is 2. The molecule has 1 heterocycles. The van der Waals surface area contributed by atoms with Crippen LogP contribution in [0.15, 0.2) is 43.2 Å². The SMILES string of the molecule is C=CCC(N)C(=O)Nc1ccc2nccnc2c1. The highest BCUT2D eigenvalue weighted by molar-refractivity contribution is 5.96. The summed E-state index contributed by atoms with van der Waals surface area (Å²) in [5.41, 5.74) is 7.85. The second-order valence-electron chi connectivity index (χ2n) is 3.88. The second-order valence-corrected chi connectivity index (χ2v) is 3.88. The Hall–Kier alpha value is -2.27. The van der Waals surface area contributed by atoms with Crippen molar-refractivity contribution in [3.8, 4) is 0 Å². The summed E-state index contributed by atoms with van der Waals surface area (Å²) in [5, 5.41) is 2.74. The Labute approximate surface area is 105 Å². The summed E-state index contributed by atoms with van der Waals surface area (Å²) in [7, 11) is 0. The Morgan fingerprint density at radius 3 is 2.83 bits per heavy atom. The van der Waals surface area contributed by atoms with Gasteiger partial charge in [0.1, 0.15) is 0 Å². The first-order valence-corrected chi connectivity index (χ1v) is 5.59. The van der Waals surface area contributed by atoms with Crippen LogP contribution >= 0.6 is 0 Å². The van der Waals surface area contributed by atoms with Crippen LogP contribution in [0.25, 0.3) is 11.0 Å². The van der Waals surface area contributed by atoms with Crippen LogP contribution in [0.2, 0.25) is 0 Å². The monoisotopic (exact) mass is 242 g/mol. The fraction of sp³-hybridized carbons (Fsp3) is 0.154. The molecule has 0 radical (unpaired) electrons. The average molecular weight is 242 g/mol. The van der Waals surface area contributed by atoms with E-state index in [1.807, 2.05) is 0 Å². The summed E-state index contributed by atoms with van der Waals surface area (Å²) in [6, 6.07) is 4.76. The van der Waals surface area contributed by atoms with Crippen molar-refractivity contribution in [2.24, 2.45) is 5.73 Å². The summed E-state index contributed by atoms with van der Waals surface area (Å²) >= 11 is 0. The van der Waals surface area contributed by atoms with Gasteiger partial charge in [-0.3, -0.25) is 14.8 Å². The lowest BCUT2D eigenvalue weighted by atomic mass is 10.2. The minimum atomic E-state index is -0.583. The molecule has 0 bridgehead atoms. The molecule has 92 valence electrons. The summed E-state index contributed by atoms with van der Waals surface area (Å²) in [4.78, 5) is 20.0. The van der Waals surface area contributed by atoms with Gasteiger partial charge in [0.2, 0.25) is 5.91 Å². The Balaban J connectivity index is 2.16. The quantitative estimate of drug-likeness (QED) is 0.795. The van der Waals surface area contributed by atoms with E-state index < -0.39 is 6.04 Å². The van der Waals surface area contributed by atoms with E-state index in [1.165, 1.54) is 0 Å². The molecule has 1 aromatic heterocycles. The molecular formula is C13H14N4O. The predicted octanol–water partition coefficient (Wildman–Crippen LogP) is 1.47. The molecular weight excluding hydrogens is 228 g/mol. The van der Waals surface area contributed by atoms with Gasteiger partial charge in [0.05, 0.1) is 17.1 Å². The molecule has 2 rings (SSSR count). The van der Waals surface area contributed by atoms with Gasteiger partial charge >= 0.3 is 0 Å². The lowest BCUT2D eigenvalue weighted by Crippen LogP contribution is -2.35. The van der Waals surface area contributed by atoms with Crippen LogP contribution in [0, 0.1) is 0 Å². The number of hydrogen-bond acceptors (Lipinski definition) is 4. The highest BCUT2D eigenvalue weighted by atomic mass is 16.2. The molecule has 1 unspecified atom stereocenters. The van der Waals surface area contributed by atoms with Crippen molar-refractivity contribution in [2.45, 2.75) is 12.5 Å². The van der Waals surface area contributed by atoms with Crippen molar-refractivity contribution in [3.05, 3.63) is 43.2 Å². The lowest BCUT2D eigenvalue weighted by Gasteiger charge is -2.10. The maximum atomic E-state index is 11.7. The predicted molar refractivity (Wildman–Crippen MR) is 71.0 cm³/mol. The van der Waals surface area contributed by atoms with E-state index in [0.29, 0.717) is 12.1 Å². The first-order chi connectivity index (χ1) is 8.70. The summed E-state index contributed by atoms with van der Waals surface area (Å²) in [6.45, 7) is 3.55. The maximum Gasteiger partial charge on any atom is 0.241 e. The normalized spacial score (nSPS) is 12.1. The number of nitrogens with zero attached hydrogens (tertiary/aromatic N) is 2. The highest BCUT2D eigenvalue weighted by Gasteiger charge is 2.11. The van der Waals surface area contributed by atoms with Crippen molar-refractivity contribution < 1.29 is 4.79 Å². The number of rotatable bonds is 4. The van der Waals surface area contributed by atoms with Gasteiger partial charge in [-0.15, -0.1) is 6.58 Å². The lowest BCUT2D eigenvalue weighted by molar-refractivity contribution is -0.117. The molecule has 2 aromatic rings. The molecule has 18 heavy (non-hydrogen) atoms. The topological polar surface area (TPSA) is 80.9 Å². The van der Waals surface area contributed by atoms with E-state index in [0.717, 1.165) is 11.0 Å². The third-order valence-electron chi connectivity index (χ3n) is 2.49. The molecule has 0 aliphatic rings. The number of anilines is 1. The summed E-state index contributed by atoms with van der Waals surface area (Å²) in [6.07, 6.45) is 5.30. The van der Waals surface area contributed by atoms with Crippen molar-refractivity contribution in [1.29, 1.82) is 0 Å². The molecule has 0 spiro atoms. The number of fused-ring (bicyclic) bond motifs is 1. The van der Waals surface area contributed by atoms with Crippen LogP contribution in [-0.2, 0) is 4.79 Å². The van der Waals surface area contributed by atoms with E-state index in [1.54, 1.807) is 36.7 Å². The standard InChI is InChI=1S/C13H14N4O/c1-2-3-10(14)13(18)17-9-4-5-11-12(8-9)16-7-6-15-11/h2,4-8,10H,1,3,14H2,(H,17,18). The molecule has 5 heteroatoms. The van der Waals surface area contributed by atoms with Gasteiger partial charge in [-0.1, -0.05) is 6.08 Å². The molecule has 1 aromatic carbocycles. The molecule has 0 saturated heterocycles. The molecule has 0 aliphatic heterocycles. The number of amides is 1. The number of hydrogen-bond donors (Lipinski definition) is 2. The van der Waals surface area contributed by atoms with Gasteiger partial charge in [-0.25, -0.2) is 0 Å². The van der Waals surface area contributed by atoms with Crippen LogP contribution in [-0.4, -0.2) is 21.9 Å². The Bertz CT molecular complexity index is 582. The van der Waals surface area contributed by atoms with Crippen LogP contribution < -0.4 is 11.1 Å². The van der Waals surface area contributed by atoms with Crippen molar-refractivity contribution in [3.63, 3.8) is 0 Å². The Kier molecular flexibility index (Phi) is 3.64. The van der Waals surface area contributed by atoms with Gasteiger partial charge in [-0.05, 0) is 24.6 Å². The maximum absolute atomic E-state index is 11.7. The van der Waals surface area contributed by atoms with E-state index in [9.17, 15) is 4.79 Å². The first kappa shape index (κ1) is 12.2. The van der Waals surface area contributed by atoms with Gasteiger partial charge in [-0.2, -0.15) is 0 Å². The Morgan fingerprint density at radius 1 is 1.39 bits per heavy atom. The minimum absolute atomic E-state index is 0.238. The van der Waals surface area contributed by atoms with Crippen LogP contribution in [0.4, 0.5) is 5.69 Å². The molecule has 3 N–H and O–H groups in total. The van der Waals surface area contributed by atoms with Crippen LogP contribution in [0.1, 0.15) is 6.42 Å². The smallest absolute Gasteiger partial charge is 0.241 e. The van der Waals surface area contributed by atoms with Gasteiger partial charge in [0, 0.05) is 18.1 Å². The van der Waals surface area contributed by atoms with Crippen LogP contribution in [0.3, 0.4) is 0 Å². The van der Waals surface area contributed by atoms with Gasteiger partial charge in [0.15, 0.2) is 0 Å². The summed E-state index contributed by atoms with van der Waals surface area (Å²) in [5.74, 6) is -0.238. The highest BCUT2D eigenvalue weighted by Crippen LogP contribution is 2.15. The zero-order valence-corrected chi connectivity index (χ0v) is 9.84. The zero-order chi connectivity index (χ0) is 13.0. The first-order valence-electron chi connectivity index (χ1n) is 5.59. The fourth-order valence-electron chi connectivity index (χ4n) is 1.56. The van der Waals surface area contributed by atoms with E-state index in [4.69, 9.17) is 5.73 Å². The second kappa shape index (κ2) is 5.37. The number of nitrogens with two attached hydrogens (primary N) is 1. The number of carbonyl (C=O) groups is 1. The molecule has 0 aliphatic carbocycles. The number of benzene rings is 1. The number of nitrogens with one attached hydrogen (secondary N) is 1. The van der Waals surface area contributed by atoms with Crippen molar-refractivity contribution >= 4 is 22.6 Å². The van der Waals surface area contributed by atoms with Gasteiger partial charge in [0.25, 0.3) is 0 Å². The van der Waals surface area contributed by atoms with E-state index in [-0.39, 0.29) is 5.91 Å². The van der Waals surface area contributed by atoms with E-state index in [2.05, 4.69) is 21.9 Å². The fourth-order valence-corrected chi connectivity index (χ4v) is 1.56. The Morgan fingerprint density at radius 2 is 2.11 bits per heavy atom. The molecule has 0 saturated carbocycles. The van der Waals surface area contributed by atoms with Crippen molar-refractivity contribution in [2.75, 3.05) is 5.32 Å². The van der Waals surface area contributed by atoms with Crippen LogP contribution in [0.5, 0.6) is 0 Å². The third-order valence-corrected chi connectivity index (χ3v) is 2.49. The molecule has 1 amide bonds. The third kappa shape index (κ3) is 2.70. The zero-order valence-electron chi connectivity index (χ0n) is 9.84. The average Bonchev–Trinajstić information content (AvgIpc) is 2.39. The molecule has 0 fully saturated rings. The number of carbonyl (C=O) groups excluding carboxylic acids is 1. The van der Waals surface area contributed by atoms with E-state index >= 15 is 0 Å². The van der Waals surface area contributed by atoms with Crippen molar-refractivity contribution in [1.82, 2.24) is 9.97 Å². The largest absolute Gasteiger partial charge is 0.325 e. The molecule has 1 atom stereocenters. The minimum Gasteiger partial charge on any atom is -0.325 e. The molecule has 5 nitrogen and oxygen atoms in total.